The van der Waals surface area contributed by atoms with Crippen LogP contribution in [-0.4, -0.2) is 53.3 Å². The fourth-order valence-corrected chi connectivity index (χ4v) is 4.76. The summed E-state index contributed by atoms with van der Waals surface area (Å²) >= 11 is 0. The minimum absolute atomic E-state index is 0.0787. The first-order valence-electron chi connectivity index (χ1n) is 11.5. The molecule has 1 aromatic heterocycles. The van der Waals surface area contributed by atoms with Crippen molar-refractivity contribution in [2.24, 2.45) is 5.10 Å². The zero-order chi connectivity index (χ0) is 21.9. The molecule has 2 aliphatic rings. The van der Waals surface area contributed by atoms with Gasteiger partial charge < -0.3 is 14.6 Å². The average molecular weight is 433 g/mol. The predicted octanol–water partition coefficient (Wildman–Crippen LogP) is 2.71. The van der Waals surface area contributed by atoms with E-state index in [1.165, 1.54) is 37.3 Å². The van der Waals surface area contributed by atoms with Crippen molar-refractivity contribution in [3.05, 3.63) is 59.9 Å². The summed E-state index contributed by atoms with van der Waals surface area (Å²) in [6, 6.07) is 15.7. The summed E-state index contributed by atoms with van der Waals surface area (Å²) in [7, 11) is 1.66. The van der Waals surface area contributed by atoms with Crippen LogP contribution in [0.1, 0.15) is 49.5 Å². The second-order valence-corrected chi connectivity index (χ2v) is 8.69. The first kappa shape index (κ1) is 20.7. The maximum absolute atomic E-state index is 13.3. The van der Waals surface area contributed by atoms with Crippen LogP contribution in [0.2, 0.25) is 0 Å². The van der Waals surface area contributed by atoms with Crippen LogP contribution in [0.25, 0.3) is 11.0 Å². The van der Waals surface area contributed by atoms with E-state index < -0.39 is 0 Å². The number of hydrazone groups is 1. The lowest BCUT2D eigenvalue weighted by Gasteiger charge is -2.25. The molecule has 1 fully saturated rings. The topological polar surface area (TPSA) is 75.0 Å². The Hall–Kier alpha value is -3.19. The largest absolute Gasteiger partial charge is 0.497 e. The summed E-state index contributed by atoms with van der Waals surface area (Å²) in [5.41, 5.74) is 3.76. The lowest BCUT2D eigenvalue weighted by Crippen LogP contribution is -3.12. The third-order valence-electron chi connectivity index (χ3n) is 6.58. The van der Waals surface area contributed by atoms with Gasteiger partial charge in [-0.3, -0.25) is 4.79 Å². The molecule has 2 N–H and O–H groups in total. The molecule has 7 heteroatoms. The van der Waals surface area contributed by atoms with Crippen LogP contribution in [0.5, 0.6) is 5.75 Å². The van der Waals surface area contributed by atoms with Crippen molar-refractivity contribution in [3.8, 4) is 5.75 Å². The number of H-pyrrole nitrogens is 1. The lowest BCUT2D eigenvalue weighted by molar-refractivity contribution is -0.904. The quantitative estimate of drug-likeness (QED) is 0.629. The first-order valence-corrected chi connectivity index (χ1v) is 11.5. The molecule has 0 radical (unpaired) electrons. The Morgan fingerprint density at radius 2 is 1.91 bits per heavy atom. The highest BCUT2D eigenvalue weighted by atomic mass is 16.5. The van der Waals surface area contributed by atoms with Crippen molar-refractivity contribution in [1.29, 1.82) is 0 Å². The van der Waals surface area contributed by atoms with Crippen LogP contribution in [0.15, 0.2) is 53.6 Å². The van der Waals surface area contributed by atoms with Crippen molar-refractivity contribution in [2.75, 3.05) is 26.7 Å². The van der Waals surface area contributed by atoms with Crippen LogP contribution < -0.4 is 9.64 Å². The van der Waals surface area contributed by atoms with Gasteiger partial charge in [0.2, 0.25) is 5.91 Å². The van der Waals surface area contributed by atoms with Crippen LogP contribution >= 0.6 is 0 Å². The van der Waals surface area contributed by atoms with Crippen LogP contribution in [0.4, 0.5) is 0 Å². The van der Waals surface area contributed by atoms with Crippen molar-refractivity contribution < 1.29 is 14.4 Å². The number of para-hydroxylation sites is 2. The van der Waals surface area contributed by atoms with Crippen molar-refractivity contribution in [3.63, 3.8) is 0 Å². The van der Waals surface area contributed by atoms with Gasteiger partial charge >= 0.3 is 0 Å². The molecule has 0 aliphatic carbocycles. The third-order valence-corrected chi connectivity index (χ3v) is 6.58. The number of carbonyl (C=O) groups is 1. The van der Waals surface area contributed by atoms with E-state index in [4.69, 9.17) is 14.8 Å². The van der Waals surface area contributed by atoms with Gasteiger partial charge in [-0.1, -0.05) is 24.3 Å². The van der Waals surface area contributed by atoms with E-state index in [0.29, 0.717) is 12.8 Å². The average Bonchev–Trinajstić information content (AvgIpc) is 3.48. The number of quaternary nitrogens is 1. The Kier molecular flexibility index (Phi) is 5.90. The van der Waals surface area contributed by atoms with Gasteiger partial charge in [0.1, 0.15) is 11.5 Å². The van der Waals surface area contributed by atoms with Gasteiger partial charge in [0, 0.05) is 6.42 Å². The summed E-state index contributed by atoms with van der Waals surface area (Å²) < 4.78 is 5.31. The molecule has 1 amide bonds. The van der Waals surface area contributed by atoms with Crippen LogP contribution in [-0.2, 0) is 4.79 Å². The summed E-state index contributed by atoms with van der Waals surface area (Å²) in [6.07, 6.45) is 4.98. The zero-order valence-electron chi connectivity index (χ0n) is 18.5. The van der Waals surface area contributed by atoms with Crippen LogP contribution in [0, 0.1) is 0 Å². The molecule has 0 spiro atoms. The molecule has 3 heterocycles. The number of carbonyl (C=O) groups excluding carboxylic acids is 1. The number of fused-ring (bicyclic) bond motifs is 1. The van der Waals surface area contributed by atoms with Gasteiger partial charge in [0.15, 0.2) is 5.82 Å². The summed E-state index contributed by atoms with van der Waals surface area (Å²) in [4.78, 5) is 22.9. The van der Waals surface area contributed by atoms with Gasteiger partial charge in [-0.05, 0) is 49.1 Å². The Balaban J connectivity index is 1.39. The number of nitrogens with one attached hydrogen (secondary N) is 2. The van der Waals surface area contributed by atoms with E-state index >= 15 is 0 Å². The number of aromatic nitrogens is 2. The van der Waals surface area contributed by atoms with Crippen molar-refractivity contribution in [2.45, 2.75) is 38.1 Å². The number of hydrogen-bond acceptors (Lipinski definition) is 4. The van der Waals surface area contributed by atoms with E-state index in [-0.39, 0.29) is 11.9 Å². The molecule has 0 saturated carbocycles. The second kappa shape index (κ2) is 9.12. The number of aromatic amines is 1. The van der Waals surface area contributed by atoms with Gasteiger partial charge in [-0.2, -0.15) is 5.10 Å². The molecule has 0 bridgehead atoms. The monoisotopic (exact) mass is 432 g/mol. The molecule has 5 rings (SSSR count). The number of likely N-dealkylation sites (tertiary alicyclic amines) is 1. The van der Waals surface area contributed by atoms with Gasteiger partial charge in [0.25, 0.3) is 0 Å². The van der Waals surface area contributed by atoms with Gasteiger partial charge in [-0.15, -0.1) is 0 Å². The molecule has 1 atom stereocenters. The smallest absolute Gasteiger partial charge is 0.248 e. The normalized spacial score (nSPS) is 19.3. The molecule has 3 aromatic rings. The molecular weight excluding hydrogens is 402 g/mol. The molecular formula is C25H30N5O2+. The van der Waals surface area contributed by atoms with E-state index in [0.717, 1.165) is 40.4 Å². The number of rotatable bonds is 6. The molecule has 1 saturated heterocycles. The Morgan fingerprint density at radius 3 is 2.66 bits per heavy atom. The highest BCUT2D eigenvalue weighted by Gasteiger charge is 2.34. The van der Waals surface area contributed by atoms with Crippen LogP contribution in [0.3, 0.4) is 0 Å². The molecule has 2 aromatic carbocycles. The Morgan fingerprint density at radius 1 is 1.12 bits per heavy atom. The number of imidazole rings is 1. The van der Waals surface area contributed by atoms with Gasteiger partial charge in [-0.25, -0.2) is 9.99 Å². The summed E-state index contributed by atoms with van der Waals surface area (Å²) in [5, 5.41) is 6.47. The molecule has 0 unspecified atom stereocenters. The Bertz CT molecular complexity index is 1080. The number of methoxy groups -OCH3 is 1. The fourth-order valence-electron chi connectivity index (χ4n) is 4.76. The predicted molar refractivity (Wildman–Crippen MR) is 124 cm³/mol. The maximum atomic E-state index is 13.3. The van der Waals surface area contributed by atoms with Crippen molar-refractivity contribution in [1.82, 2.24) is 15.0 Å². The fraction of sp³-hybridized carbons (Fsp3) is 0.400. The number of hydrogen-bond donors (Lipinski definition) is 2. The highest BCUT2D eigenvalue weighted by Crippen LogP contribution is 2.33. The highest BCUT2D eigenvalue weighted by molar-refractivity contribution is 6.02. The number of piperidine rings is 1. The summed E-state index contributed by atoms with van der Waals surface area (Å²) in [6.45, 7) is 3.21. The first-order chi connectivity index (χ1) is 15.7. The summed E-state index contributed by atoms with van der Waals surface area (Å²) in [5.74, 6) is 1.62. The minimum Gasteiger partial charge on any atom is -0.497 e. The molecule has 32 heavy (non-hydrogen) atoms. The molecule has 7 nitrogen and oxygen atoms in total. The number of amides is 1. The standard InChI is InChI=1S/C25H29N5O2/c1-32-19-11-9-18(10-12-19)23-17-22(25-26-20-7-3-4-8-21(20)27-25)28-30(23)24(31)13-16-29-14-5-2-6-15-29/h3-4,7-12,23H,2,5-6,13-17H2,1H3,(H,26,27)/p+1/t23-/m0/s1. The molecule has 2 aliphatic heterocycles. The minimum atomic E-state index is -0.132. The van der Waals surface area contributed by atoms with Crippen molar-refractivity contribution >= 4 is 22.7 Å². The zero-order valence-corrected chi connectivity index (χ0v) is 18.5. The maximum Gasteiger partial charge on any atom is 0.248 e. The van der Waals surface area contributed by atoms with E-state index in [9.17, 15) is 4.79 Å². The van der Waals surface area contributed by atoms with E-state index in [2.05, 4.69) is 4.98 Å². The van der Waals surface area contributed by atoms with Gasteiger partial charge in [0.05, 0.1) is 50.2 Å². The molecule has 166 valence electrons. The Labute approximate surface area is 188 Å². The SMILES string of the molecule is COc1ccc([C@@H]2CC(c3nc4ccccc4[nH]3)=NN2C(=O)CC[NH+]2CCCCC2)cc1. The number of nitrogens with zero attached hydrogens (tertiary/aromatic N) is 3. The van der Waals surface area contributed by atoms with E-state index in [1.807, 2.05) is 48.5 Å². The lowest BCUT2D eigenvalue weighted by atomic mass is 10.0. The number of ether oxygens (including phenoxy) is 1. The third kappa shape index (κ3) is 4.25. The van der Waals surface area contributed by atoms with E-state index in [1.54, 1.807) is 12.1 Å². The number of benzene rings is 2. The second-order valence-electron chi connectivity index (χ2n) is 8.69.